The number of hydrogen-bond acceptors (Lipinski definition) is 3. The lowest BCUT2D eigenvalue weighted by Gasteiger charge is -2.36. The lowest BCUT2D eigenvalue weighted by Crippen LogP contribution is -2.30. The smallest absolute Gasteiger partial charge is 0.308 e. The van der Waals surface area contributed by atoms with Crippen LogP contribution in [0.2, 0.25) is 0 Å². The summed E-state index contributed by atoms with van der Waals surface area (Å²) < 4.78 is 4.81. The van der Waals surface area contributed by atoms with Crippen molar-refractivity contribution in [3.8, 4) is 0 Å². The third kappa shape index (κ3) is 3.48. The molecule has 0 aliphatic heterocycles. The monoisotopic (exact) mass is 268 g/mol. The van der Waals surface area contributed by atoms with Crippen molar-refractivity contribution in [2.75, 3.05) is 7.11 Å². The van der Waals surface area contributed by atoms with Crippen molar-refractivity contribution in [2.24, 2.45) is 23.7 Å². The molecule has 2 rings (SSSR count). The molecule has 0 radical (unpaired) electrons. The highest BCUT2D eigenvalue weighted by Crippen LogP contribution is 2.41. The van der Waals surface area contributed by atoms with Gasteiger partial charge in [-0.25, -0.2) is 0 Å². The Morgan fingerprint density at radius 3 is 1.63 bits per heavy atom. The summed E-state index contributed by atoms with van der Waals surface area (Å²) in [6, 6.07) is 0. The van der Waals surface area contributed by atoms with Gasteiger partial charge in [0.1, 0.15) is 0 Å². The Bertz CT molecular complexity index is 323. The number of carboxylic acids is 1. The zero-order chi connectivity index (χ0) is 13.8. The molecule has 2 saturated carbocycles. The van der Waals surface area contributed by atoms with E-state index < -0.39 is 5.97 Å². The first-order valence-electron chi connectivity index (χ1n) is 7.42. The quantitative estimate of drug-likeness (QED) is 0.799. The van der Waals surface area contributed by atoms with Gasteiger partial charge in [0.25, 0.3) is 0 Å². The molecule has 2 aliphatic rings. The Morgan fingerprint density at radius 1 is 0.842 bits per heavy atom. The summed E-state index contributed by atoms with van der Waals surface area (Å²) in [5, 5.41) is 9.01. The van der Waals surface area contributed by atoms with Gasteiger partial charge in [-0.2, -0.15) is 0 Å². The Labute approximate surface area is 114 Å². The zero-order valence-electron chi connectivity index (χ0n) is 11.6. The van der Waals surface area contributed by atoms with E-state index in [2.05, 4.69) is 0 Å². The highest BCUT2D eigenvalue weighted by molar-refractivity contribution is 5.72. The highest BCUT2D eigenvalue weighted by atomic mass is 16.5. The summed E-state index contributed by atoms with van der Waals surface area (Å²) in [5.41, 5.74) is 0. The Balaban J connectivity index is 1.77. The van der Waals surface area contributed by atoms with Gasteiger partial charge >= 0.3 is 11.9 Å². The SMILES string of the molecule is COC(=O)C1CCC(C2CCC(C(=O)O)CC2)CC1. The number of hydrogen-bond donors (Lipinski definition) is 1. The molecular formula is C15H24O4. The minimum atomic E-state index is -0.632. The van der Waals surface area contributed by atoms with Crippen LogP contribution in [0.3, 0.4) is 0 Å². The molecule has 0 spiro atoms. The number of methoxy groups -OCH3 is 1. The van der Waals surface area contributed by atoms with Crippen molar-refractivity contribution < 1.29 is 19.4 Å². The summed E-state index contributed by atoms with van der Waals surface area (Å²) in [4.78, 5) is 22.4. The van der Waals surface area contributed by atoms with Gasteiger partial charge in [-0.1, -0.05) is 0 Å². The molecule has 2 aliphatic carbocycles. The van der Waals surface area contributed by atoms with Crippen molar-refractivity contribution in [1.29, 1.82) is 0 Å². The van der Waals surface area contributed by atoms with Gasteiger partial charge < -0.3 is 9.84 Å². The van der Waals surface area contributed by atoms with Crippen molar-refractivity contribution in [3.05, 3.63) is 0 Å². The van der Waals surface area contributed by atoms with E-state index in [1.807, 2.05) is 0 Å². The van der Waals surface area contributed by atoms with Gasteiger partial charge in [-0.05, 0) is 63.2 Å². The maximum absolute atomic E-state index is 11.5. The van der Waals surface area contributed by atoms with Gasteiger partial charge in [0.2, 0.25) is 0 Å². The van der Waals surface area contributed by atoms with Gasteiger partial charge in [0.05, 0.1) is 18.9 Å². The van der Waals surface area contributed by atoms with Crippen LogP contribution in [0.5, 0.6) is 0 Å². The van der Waals surface area contributed by atoms with Crippen LogP contribution in [-0.4, -0.2) is 24.2 Å². The maximum Gasteiger partial charge on any atom is 0.308 e. The van der Waals surface area contributed by atoms with Gasteiger partial charge in [-0.15, -0.1) is 0 Å². The van der Waals surface area contributed by atoms with Crippen LogP contribution in [0.1, 0.15) is 51.4 Å². The normalized spacial score (nSPS) is 35.6. The fourth-order valence-corrected chi connectivity index (χ4v) is 3.83. The molecule has 0 atom stereocenters. The second-order valence-corrected chi connectivity index (χ2v) is 6.08. The van der Waals surface area contributed by atoms with Crippen LogP contribution in [-0.2, 0) is 14.3 Å². The Kier molecular flexibility index (Phi) is 4.83. The molecule has 4 heteroatoms. The Morgan fingerprint density at radius 2 is 1.26 bits per heavy atom. The summed E-state index contributed by atoms with van der Waals surface area (Å²) in [6.07, 6.45) is 7.83. The van der Waals surface area contributed by atoms with Crippen molar-refractivity contribution in [2.45, 2.75) is 51.4 Å². The average molecular weight is 268 g/mol. The van der Waals surface area contributed by atoms with E-state index in [0.717, 1.165) is 51.4 Å². The average Bonchev–Trinajstić information content (AvgIpc) is 2.46. The third-order valence-electron chi connectivity index (χ3n) is 5.09. The molecule has 0 bridgehead atoms. The molecule has 0 unspecified atom stereocenters. The van der Waals surface area contributed by atoms with E-state index in [0.29, 0.717) is 11.8 Å². The van der Waals surface area contributed by atoms with E-state index >= 15 is 0 Å². The number of carbonyl (C=O) groups excluding carboxylic acids is 1. The molecule has 19 heavy (non-hydrogen) atoms. The topological polar surface area (TPSA) is 63.6 Å². The van der Waals surface area contributed by atoms with Crippen molar-refractivity contribution >= 4 is 11.9 Å². The molecule has 2 fully saturated rings. The number of carbonyl (C=O) groups is 2. The molecule has 108 valence electrons. The van der Waals surface area contributed by atoms with E-state index in [9.17, 15) is 9.59 Å². The fraction of sp³-hybridized carbons (Fsp3) is 0.867. The van der Waals surface area contributed by atoms with Crippen LogP contribution >= 0.6 is 0 Å². The molecule has 1 N–H and O–H groups in total. The van der Waals surface area contributed by atoms with Gasteiger partial charge in [0.15, 0.2) is 0 Å². The first-order chi connectivity index (χ1) is 9.11. The highest BCUT2D eigenvalue weighted by Gasteiger charge is 2.34. The van der Waals surface area contributed by atoms with Crippen LogP contribution < -0.4 is 0 Å². The second kappa shape index (κ2) is 6.40. The molecule has 4 nitrogen and oxygen atoms in total. The Hall–Kier alpha value is -1.06. The second-order valence-electron chi connectivity index (χ2n) is 6.08. The van der Waals surface area contributed by atoms with E-state index in [-0.39, 0.29) is 17.8 Å². The lowest BCUT2D eigenvalue weighted by atomic mass is 9.69. The van der Waals surface area contributed by atoms with Crippen molar-refractivity contribution in [1.82, 2.24) is 0 Å². The molecule has 0 aromatic heterocycles. The fourth-order valence-electron chi connectivity index (χ4n) is 3.83. The minimum absolute atomic E-state index is 0.0620. The predicted octanol–water partition coefficient (Wildman–Crippen LogP) is 2.86. The zero-order valence-corrected chi connectivity index (χ0v) is 11.6. The van der Waals surface area contributed by atoms with E-state index in [1.54, 1.807) is 0 Å². The van der Waals surface area contributed by atoms with Crippen LogP contribution in [0.25, 0.3) is 0 Å². The molecule has 0 aromatic carbocycles. The number of aliphatic carboxylic acids is 1. The molecule has 0 heterocycles. The van der Waals surface area contributed by atoms with E-state index in [1.165, 1.54) is 7.11 Å². The summed E-state index contributed by atoms with van der Waals surface area (Å²) >= 11 is 0. The summed E-state index contributed by atoms with van der Waals surface area (Å²) in [5.74, 6) is 0.644. The predicted molar refractivity (Wildman–Crippen MR) is 70.5 cm³/mol. The standard InChI is InChI=1S/C15H24O4/c1-19-15(18)13-8-4-11(5-9-13)10-2-6-12(7-3-10)14(16)17/h10-13H,2-9H2,1H3,(H,16,17). The first-order valence-corrected chi connectivity index (χ1v) is 7.42. The largest absolute Gasteiger partial charge is 0.481 e. The van der Waals surface area contributed by atoms with Crippen LogP contribution in [0, 0.1) is 23.7 Å². The molecule has 0 saturated heterocycles. The number of esters is 1. The minimum Gasteiger partial charge on any atom is -0.481 e. The summed E-state index contributed by atoms with van der Waals surface area (Å²) in [6.45, 7) is 0. The van der Waals surface area contributed by atoms with Crippen molar-refractivity contribution in [3.63, 3.8) is 0 Å². The first kappa shape index (κ1) is 14.4. The maximum atomic E-state index is 11.5. The van der Waals surface area contributed by atoms with Gasteiger partial charge in [-0.3, -0.25) is 9.59 Å². The molecule has 0 amide bonds. The third-order valence-corrected chi connectivity index (χ3v) is 5.09. The van der Waals surface area contributed by atoms with Crippen LogP contribution in [0.4, 0.5) is 0 Å². The molecule has 0 aromatic rings. The summed E-state index contributed by atoms with van der Waals surface area (Å²) in [7, 11) is 1.46. The number of carboxylic acid groups (broad SMARTS) is 1. The van der Waals surface area contributed by atoms with Crippen LogP contribution in [0.15, 0.2) is 0 Å². The lowest BCUT2D eigenvalue weighted by molar-refractivity contribution is -0.147. The number of ether oxygens (including phenoxy) is 1. The number of rotatable bonds is 3. The van der Waals surface area contributed by atoms with Gasteiger partial charge in [0, 0.05) is 0 Å². The molecular weight excluding hydrogens is 244 g/mol. The van der Waals surface area contributed by atoms with E-state index in [4.69, 9.17) is 9.84 Å².